The molecule has 37 heavy (non-hydrogen) atoms. The van der Waals surface area contributed by atoms with Gasteiger partial charge in [0, 0.05) is 40.2 Å². The molecule has 5 nitrogen and oxygen atoms in total. The number of hydrogen-bond acceptors (Lipinski definition) is 3. The van der Waals surface area contributed by atoms with Crippen molar-refractivity contribution in [2.45, 2.75) is 52.0 Å². The third-order valence-electron chi connectivity index (χ3n) is 7.85. The van der Waals surface area contributed by atoms with Gasteiger partial charge in [0.05, 0.1) is 18.0 Å². The minimum atomic E-state index is 0.450. The summed E-state index contributed by atoms with van der Waals surface area (Å²) >= 11 is 6.27. The first-order valence-corrected chi connectivity index (χ1v) is 13.7. The smallest absolute Gasteiger partial charge is 0.205 e. The molecule has 190 valence electrons. The molecule has 0 amide bonds. The van der Waals surface area contributed by atoms with Crippen LogP contribution in [-0.4, -0.2) is 46.9 Å². The van der Waals surface area contributed by atoms with Gasteiger partial charge in [-0.3, -0.25) is 0 Å². The zero-order valence-electron chi connectivity index (χ0n) is 21.7. The fourth-order valence-corrected chi connectivity index (χ4v) is 5.79. The van der Waals surface area contributed by atoms with Crippen LogP contribution in [0.2, 0.25) is 5.02 Å². The van der Waals surface area contributed by atoms with E-state index in [0.29, 0.717) is 16.6 Å². The Hall–Kier alpha value is -3.09. The quantitative estimate of drug-likeness (QED) is 0.340. The van der Waals surface area contributed by atoms with Gasteiger partial charge in [0.25, 0.3) is 0 Å². The number of nitrogens with one attached hydrogen (secondary N) is 1. The average Bonchev–Trinajstić information content (AvgIpc) is 3.22. The van der Waals surface area contributed by atoms with E-state index in [1.165, 1.54) is 49.9 Å². The summed E-state index contributed by atoms with van der Waals surface area (Å²) in [6.45, 7) is 16.0. The van der Waals surface area contributed by atoms with Crippen LogP contribution in [0, 0.1) is 38.2 Å². The molecular weight excluding hydrogens is 478 g/mol. The van der Waals surface area contributed by atoms with Gasteiger partial charge in [-0.1, -0.05) is 41.6 Å². The van der Waals surface area contributed by atoms with Crippen molar-refractivity contribution >= 4 is 17.3 Å². The normalized spacial score (nSPS) is 17.2. The van der Waals surface area contributed by atoms with E-state index in [9.17, 15) is 0 Å². The summed E-state index contributed by atoms with van der Waals surface area (Å²) in [6.07, 6.45) is 5.75. The van der Waals surface area contributed by atoms with Gasteiger partial charge >= 0.3 is 0 Å². The Morgan fingerprint density at radius 1 is 1.05 bits per heavy atom. The van der Waals surface area contributed by atoms with Gasteiger partial charge in [-0.2, -0.15) is 5.10 Å². The van der Waals surface area contributed by atoms with E-state index in [-0.39, 0.29) is 0 Å². The van der Waals surface area contributed by atoms with E-state index in [0.717, 1.165) is 48.2 Å². The zero-order chi connectivity index (χ0) is 25.8. The van der Waals surface area contributed by atoms with Gasteiger partial charge in [-0.05, 0) is 95.5 Å². The summed E-state index contributed by atoms with van der Waals surface area (Å²) in [5.41, 5.74) is 6.96. The SMILES string of the molecule is [C-]#[N+]c1ccc(-n2nc(C)c(Cc3ccc(C#CC4CCN(C5CCNCC5)CC4)cc3)c2C)cc1Cl. The van der Waals surface area contributed by atoms with E-state index < -0.39 is 0 Å². The second kappa shape index (κ2) is 11.5. The Morgan fingerprint density at radius 3 is 2.46 bits per heavy atom. The van der Waals surface area contributed by atoms with Crippen molar-refractivity contribution in [3.63, 3.8) is 0 Å². The Kier molecular flexibility index (Phi) is 7.96. The van der Waals surface area contributed by atoms with Crippen LogP contribution in [0.25, 0.3) is 10.5 Å². The van der Waals surface area contributed by atoms with Gasteiger partial charge < -0.3 is 10.2 Å². The number of halogens is 1. The second-order valence-corrected chi connectivity index (χ2v) is 10.7. The van der Waals surface area contributed by atoms with E-state index >= 15 is 0 Å². The van der Waals surface area contributed by atoms with Gasteiger partial charge in [-0.25, -0.2) is 9.53 Å². The van der Waals surface area contributed by atoms with Gasteiger partial charge in [-0.15, -0.1) is 0 Å². The number of rotatable bonds is 4. The van der Waals surface area contributed by atoms with Crippen LogP contribution >= 0.6 is 11.6 Å². The summed E-state index contributed by atoms with van der Waals surface area (Å²) in [5, 5.41) is 8.68. The van der Waals surface area contributed by atoms with Crippen LogP contribution in [0.3, 0.4) is 0 Å². The Morgan fingerprint density at radius 2 is 1.78 bits per heavy atom. The lowest BCUT2D eigenvalue weighted by molar-refractivity contribution is 0.123. The Bertz CT molecular complexity index is 1340. The molecule has 0 unspecified atom stereocenters. The summed E-state index contributed by atoms with van der Waals surface area (Å²) in [4.78, 5) is 6.14. The molecule has 2 saturated heterocycles. The number of nitrogens with zero attached hydrogens (tertiary/aromatic N) is 4. The molecule has 2 aliphatic heterocycles. The maximum atomic E-state index is 7.21. The number of piperidine rings is 2. The van der Waals surface area contributed by atoms with E-state index in [1.807, 2.05) is 23.7 Å². The molecule has 2 fully saturated rings. The Labute approximate surface area is 225 Å². The Balaban J connectivity index is 1.21. The molecule has 5 rings (SSSR count). The molecule has 1 N–H and O–H groups in total. The molecule has 0 bridgehead atoms. The van der Waals surface area contributed by atoms with Gasteiger partial charge in [0.15, 0.2) is 0 Å². The lowest BCUT2D eigenvalue weighted by Gasteiger charge is -2.38. The van der Waals surface area contributed by atoms with Gasteiger partial charge in [0.2, 0.25) is 5.69 Å². The first-order valence-electron chi connectivity index (χ1n) is 13.3. The molecule has 3 heterocycles. The first-order chi connectivity index (χ1) is 18.0. The van der Waals surface area contributed by atoms with Crippen LogP contribution in [0.4, 0.5) is 5.69 Å². The van der Waals surface area contributed by atoms with Crippen LogP contribution in [0.5, 0.6) is 0 Å². The van der Waals surface area contributed by atoms with E-state index in [1.54, 1.807) is 6.07 Å². The molecule has 2 aromatic carbocycles. The molecular formula is C31H34ClN5. The highest BCUT2D eigenvalue weighted by Gasteiger charge is 2.25. The van der Waals surface area contributed by atoms with Crippen LogP contribution < -0.4 is 5.32 Å². The van der Waals surface area contributed by atoms with Gasteiger partial charge in [0.1, 0.15) is 0 Å². The van der Waals surface area contributed by atoms with Crippen molar-refractivity contribution < 1.29 is 0 Å². The first kappa shape index (κ1) is 25.6. The standard InChI is InChI=1S/C31H34ClN5/c1-22-29(23(2)37(35-22)28-10-11-31(33-3)30(32)21-28)20-26-8-6-24(7-9-26)4-5-25-14-18-36(19-15-25)27-12-16-34-17-13-27/h6-11,21,25,27,34H,12-20H2,1-2H3. The highest BCUT2D eigenvalue weighted by Crippen LogP contribution is 2.29. The number of likely N-dealkylation sites (tertiary alicyclic amines) is 1. The number of hydrogen-bond donors (Lipinski definition) is 1. The van der Waals surface area contributed by atoms with Crippen LogP contribution in [0.15, 0.2) is 42.5 Å². The third-order valence-corrected chi connectivity index (χ3v) is 8.15. The predicted molar refractivity (Wildman–Crippen MR) is 151 cm³/mol. The lowest BCUT2D eigenvalue weighted by atomic mass is 9.94. The fourth-order valence-electron chi connectivity index (χ4n) is 5.58. The predicted octanol–water partition coefficient (Wildman–Crippen LogP) is 6.10. The number of aromatic nitrogens is 2. The molecule has 3 aromatic rings. The molecule has 0 saturated carbocycles. The molecule has 0 aliphatic carbocycles. The largest absolute Gasteiger partial charge is 0.317 e. The van der Waals surface area contributed by atoms with Crippen LogP contribution in [0.1, 0.15) is 53.8 Å². The van der Waals surface area contributed by atoms with Crippen LogP contribution in [-0.2, 0) is 6.42 Å². The summed E-state index contributed by atoms with van der Waals surface area (Å²) in [7, 11) is 0. The van der Waals surface area contributed by atoms with Crippen molar-refractivity contribution in [1.82, 2.24) is 20.0 Å². The third kappa shape index (κ3) is 5.91. The highest BCUT2D eigenvalue weighted by molar-refractivity contribution is 6.33. The highest BCUT2D eigenvalue weighted by atomic mass is 35.5. The molecule has 1 aromatic heterocycles. The number of benzene rings is 2. The van der Waals surface area contributed by atoms with Crippen molar-refractivity contribution in [3.05, 3.63) is 87.0 Å². The molecule has 2 aliphatic rings. The zero-order valence-corrected chi connectivity index (χ0v) is 22.5. The molecule has 0 radical (unpaired) electrons. The average molecular weight is 512 g/mol. The van der Waals surface area contributed by atoms with Crippen molar-refractivity contribution in [2.24, 2.45) is 5.92 Å². The lowest BCUT2D eigenvalue weighted by Crippen LogP contribution is -2.46. The summed E-state index contributed by atoms with van der Waals surface area (Å²) in [6, 6.07) is 14.9. The molecule has 6 heteroatoms. The summed E-state index contributed by atoms with van der Waals surface area (Å²) in [5.74, 6) is 7.49. The maximum absolute atomic E-state index is 7.21. The summed E-state index contributed by atoms with van der Waals surface area (Å²) < 4.78 is 1.92. The second-order valence-electron chi connectivity index (χ2n) is 10.2. The fraction of sp³-hybridized carbons (Fsp3) is 0.419. The number of aryl methyl sites for hydroxylation is 1. The van der Waals surface area contributed by atoms with Crippen molar-refractivity contribution in [1.29, 1.82) is 0 Å². The monoisotopic (exact) mass is 511 g/mol. The van der Waals surface area contributed by atoms with Crippen molar-refractivity contribution in [3.8, 4) is 17.5 Å². The topological polar surface area (TPSA) is 37.5 Å². The minimum Gasteiger partial charge on any atom is -0.317 e. The van der Waals surface area contributed by atoms with E-state index in [2.05, 4.69) is 58.1 Å². The minimum absolute atomic E-state index is 0.450. The maximum Gasteiger partial charge on any atom is 0.205 e. The molecule has 0 atom stereocenters. The molecule has 0 spiro atoms. The van der Waals surface area contributed by atoms with E-state index in [4.69, 9.17) is 23.3 Å². The van der Waals surface area contributed by atoms with Crippen molar-refractivity contribution in [2.75, 3.05) is 26.2 Å².